The number of hydrogen-bond donors (Lipinski definition) is 4. The van der Waals surface area contributed by atoms with Crippen LogP contribution in [0.1, 0.15) is 24.8 Å². The number of imide groups is 1. The lowest BCUT2D eigenvalue weighted by atomic mass is 9.95. The van der Waals surface area contributed by atoms with E-state index in [2.05, 4.69) is 0 Å². The zero-order chi connectivity index (χ0) is 27.3. The van der Waals surface area contributed by atoms with Crippen molar-refractivity contribution in [3.8, 4) is 0 Å². The fourth-order valence-corrected chi connectivity index (χ4v) is 5.56. The highest BCUT2D eigenvalue weighted by Gasteiger charge is 2.71. The molecular formula is C23H27N3O10S. The molecule has 37 heavy (non-hydrogen) atoms. The highest BCUT2D eigenvalue weighted by Crippen LogP contribution is 2.50. The molecule has 0 radical (unpaired) electrons. The van der Waals surface area contributed by atoms with Gasteiger partial charge in [-0.2, -0.15) is 0 Å². The number of aliphatic hydroxyl groups is 1. The molecule has 1 aromatic carbocycles. The minimum absolute atomic E-state index is 0.00620. The molecule has 2 unspecified atom stereocenters. The number of aliphatic carboxylic acids is 2. The minimum Gasteiger partial charge on any atom is -0.480 e. The fraction of sp³-hybridized carbons (Fsp3) is 0.435. The largest absolute Gasteiger partial charge is 0.480 e. The van der Waals surface area contributed by atoms with Gasteiger partial charge in [-0.1, -0.05) is 30.3 Å². The van der Waals surface area contributed by atoms with E-state index >= 15 is 0 Å². The second-order valence-electron chi connectivity index (χ2n) is 8.26. The number of fused-ring (bicyclic) bond motifs is 1. The van der Waals surface area contributed by atoms with Gasteiger partial charge in [0.05, 0.1) is 6.61 Å². The molecule has 1 aromatic rings. The third kappa shape index (κ3) is 5.32. The average Bonchev–Trinajstić information content (AvgIpc) is 2.89. The van der Waals surface area contributed by atoms with Crippen LogP contribution in [-0.4, -0.2) is 91.6 Å². The predicted molar refractivity (Wildman–Crippen MR) is 128 cm³/mol. The van der Waals surface area contributed by atoms with E-state index in [4.69, 9.17) is 20.3 Å². The van der Waals surface area contributed by atoms with Crippen molar-refractivity contribution in [1.29, 1.82) is 0 Å². The van der Waals surface area contributed by atoms with Gasteiger partial charge in [0.1, 0.15) is 23.7 Å². The van der Waals surface area contributed by atoms with Gasteiger partial charge in [0.25, 0.3) is 11.6 Å². The number of ether oxygens (including phenoxy) is 2. The fourth-order valence-electron chi connectivity index (χ4n) is 4.09. The van der Waals surface area contributed by atoms with Gasteiger partial charge in [0.15, 0.2) is 0 Å². The molecule has 3 amide bonds. The van der Waals surface area contributed by atoms with E-state index in [-0.39, 0.29) is 37.2 Å². The molecule has 13 nitrogen and oxygen atoms in total. The summed E-state index contributed by atoms with van der Waals surface area (Å²) in [6.45, 7) is -0.825. The summed E-state index contributed by atoms with van der Waals surface area (Å²) < 4.78 is 10.8. The van der Waals surface area contributed by atoms with Crippen LogP contribution in [0.15, 0.2) is 41.6 Å². The van der Waals surface area contributed by atoms with Gasteiger partial charge >= 0.3 is 18.0 Å². The van der Waals surface area contributed by atoms with E-state index in [0.717, 1.165) is 23.8 Å². The summed E-state index contributed by atoms with van der Waals surface area (Å²) in [4.78, 5) is 64.3. The first-order valence-corrected chi connectivity index (χ1v) is 12.2. The number of methoxy groups -OCH3 is 1. The van der Waals surface area contributed by atoms with Gasteiger partial charge in [-0.25, -0.2) is 14.5 Å². The number of carbonyl (C=O) groups excluding carboxylic acids is 3. The number of β-lactam (4-membered cyclic amide) rings is 1. The van der Waals surface area contributed by atoms with Crippen molar-refractivity contribution in [1.82, 2.24) is 9.80 Å². The Bertz CT molecular complexity index is 1110. The van der Waals surface area contributed by atoms with Gasteiger partial charge in [-0.05, 0) is 24.0 Å². The van der Waals surface area contributed by atoms with Crippen LogP contribution in [0.3, 0.4) is 0 Å². The van der Waals surface area contributed by atoms with Gasteiger partial charge < -0.3 is 30.5 Å². The minimum atomic E-state index is -2.22. The average molecular weight is 538 g/mol. The van der Waals surface area contributed by atoms with Gasteiger partial charge in [-0.3, -0.25) is 19.3 Å². The normalized spacial score (nSPS) is 21.5. The van der Waals surface area contributed by atoms with Crippen molar-refractivity contribution in [2.75, 3.05) is 19.5 Å². The van der Waals surface area contributed by atoms with Gasteiger partial charge in [0, 0.05) is 19.3 Å². The van der Waals surface area contributed by atoms with E-state index in [1.807, 2.05) is 0 Å². The number of nitrogens with zero attached hydrogens (tertiary/aromatic N) is 2. The molecule has 0 saturated carbocycles. The third-order valence-corrected chi connectivity index (χ3v) is 7.34. The summed E-state index contributed by atoms with van der Waals surface area (Å²) in [7, 11) is 1.10. The molecule has 0 bridgehead atoms. The zero-order valence-corrected chi connectivity index (χ0v) is 20.7. The number of carboxylic acid groups (broad SMARTS) is 2. The van der Waals surface area contributed by atoms with E-state index in [1.165, 1.54) is 0 Å². The SMILES string of the molecule is COC1(N(C(=O)CCCC(N)C(=O)O)C(=O)OCc2ccccc2)C(=O)N2C(C(=O)O)=C(CO)CS[C@H]21. The summed E-state index contributed by atoms with van der Waals surface area (Å²) in [5, 5.41) is 27.1. The van der Waals surface area contributed by atoms with E-state index in [0.29, 0.717) is 10.5 Å². The highest BCUT2D eigenvalue weighted by atomic mass is 32.2. The molecular weight excluding hydrogens is 510 g/mol. The summed E-state index contributed by atoms with van der Waals surface area (Å²) >= 11 is 1.01. The first-order chi connectivity index (χ1) is 17.6. The number of amides is 3. The van der Waals surface area contributed by atoms with E-state index in [1.54, 1.807) is 30.3 Å². The monoisotopic (exact) mass is 537 g/mol. The number of rotatable bonds is 11. The lowest BCUT2D eigenvalue weighted by Gasteiger charge is -2.58. The first kappa shape index (κ1) is 28.1. The second kappa shape index (κ2) is 11.7. The molecule has 200 valence electrons. The molecule has 3 rings (SSSR count). The number of nitrogens with two attached hydrogens (primary N) is 1. The number of thioether (sulfide) groups is 1. The van der Waals surface area contributed by atoms with Gasteiger partial charge in [0.2, 0.25) is 5.91 Å². The van der Waals surface area contributed by atoms with Crippen LogP contribution in [0.2, 0.25) is 0 Å². The summed E-state index contributed by atoms with van der Waals surface area (Å²) in [6, 6.07) is 7.35. The number of aliphatic hydroxyl groups excluding tert-OH is 1. The van der Waals surface area contributed by atoms with Crippen LogP contribution >= 0.6 is 11.8 Å². The molecule has 0 aliphatic carbocycles. The smallest absolute Gasteiger partial charge is 0.419 e. The Morgan fingerprint density at radius 1 is 1.24 bits per heavy atom. The van der Waals surface area contributed by atoms with Crippen LogP contribution < -0.4 is 5.73 Å². The van der Waals surface area contributed by atoms with Crippen molar-refractivity contribution in [2.24, 2.45) is 5.73 Å². The molecule has 3 atom stereocenters. The Morgan fingerprint density at radius 3 is 2.49 bits per heavy atom. The standard InChI is InChI=1S/C23H27N3O10S/c1-35-23(20(33)25-17(19(31)32)14(10-27)12-37-21(23)25)26(16(28)9-5-8-15(24)18(29)30)22(34)36-11-13-6-3-2-4-7-13/h2-4,6-7,15,21,27H,5,8-12,24H2,1H3,(H,29,30)(H,31,32)/t15?,21-,23?/m0/s1. The maximum Gasteiger partial charge on any atom is 0.419 e. The van der Waals surface area contributed by atoms with E-state index in [9.17, 15) is 34.2 Å². The quantitative estimate of drug-likeness (QED) is 0.223. The molecule has 5 N–H and O–H groups in total. The molecule has 0 aromatic heterocycles. The van der Waals surface area contributed by atoms with Crippen molar-refractivity contribution in [3.63, 3.8) is 0 Å². The first-order valence-electron chi connectivity index (χ1n) is 11.2. The van der Waals surface area contributed by atoms with Crippen LogP contribution in [0.25, 0.3) is 0 Å². The lowest BCUT2D eigenvalue weighted by Crippen LogP contribution is -2.82. The van der Waals surface area contributed by atoms with Crippen molar-refractivity contribution in [3.05, 3.63) is 47.2 Å². The molecule has 2 aliphatic rings. The number of hydrogen-bond acceptors (Lipinski definition) is 10. The van der Waals surface area contributed by atoms with Gasteiger partial charge in [-0.15, -0.1) is 11.8 Å². The van der Waals surface area contributed by atoms with Crippen LogP contribution in [0, 0.1) is 0 Å². The van der Waals surface area contributed by atoms with E-state index < -0.39 is 59.3 Å². The maximum absolute atomic E-state index is 13.4. The highest BCUT2D eigenvalue weighted by molar-refractivity contribution is 8.00. The van der Waals surface area contributed by atoms with Crippen molar-refractivity contribution in [2.45, 2.75) is 43.0 Å². The Kier molecular flexibility index (Phi) is 8.91. The molecule has 0 spiro atoms. The Morgan fingerprint density at radius 2 is 1.92 bits per heavy atom. The molecule has 1 saturated heterocycles. The number of benzene rings is 1. The zero-order valence-electron chi connectivity index (χ0n) is 19.9. The molecule has 1 fully saturated rings. The third-order valence-electron chi connectivity index (χ3n) is 5.98. The summed E-state index contributed by atoms with van der Waals surface area (Å²) in [5.41, 5.74) is 3.54. The molecule has 2 heterocycles. The summed E-state index contributed by atoms with van der Waals surface area (Å²) in [5.74, 6) is -4.59. The Labute approximate surface area is 215 Å². The number of carbonyl (C=O) groups is 5. The molecule has 14 heteroatoms. The Hall–Kier alpha value is -3.46. The van der Waals surface area contributed by atoms with Crippen LogP contribution in [0.5, 0.6) is 0 Å². The lowest BCUT2D eigenvalue weighted by molar-refractivity contribution is -0.217. The maximum atomic E-state index is 13.4. The topological polar surface area (TPSA) is 197 Å². The van der Waals surface area contributed by atoms with Crippen LogP contribution in [0.4, 0.5) is 4.79 Å². The van der Waals surface area contributed by atoms with Crippen LogP contribution in [-0.2, 0) is 35.3 Å². The predicted octanol–water partition coefficient (Wildman–Crippen LogP) is 0.323. The Balaban J connectivity index is 1.92. The molecule has 2 aliphatic heterocycles. The summed E-state index contributed by atoms with van der Waals surface area (Å²) in [6.07, 6.45) is -1.64. The number of carboxylic acids is 2. The van der Waals surface area contributed by atoms with Crippen molar-refractivity contribution < 1.29 is 48.8 Å². The van der Waals surface area contributed by atoms with Crippen molar-refractivity contribution >= 4 is 41.6 Å². The second-order valence-corrected chi connectivity index (χ2v) is 9.33.